The molecule has 6 rings (SSSR count). The summed E-state index contributed by atoms with van der Waals surface area (Å²) in [6, 6.07) is 19.7. The first-order chi connectivity index (χ1) is 9.92. The molecular formula is C20H14W. The SMILES string of the molecule is [W+2].[c-]1ccccc1-c1[c-]c2c(cc1)C1C3C=CC2C=CC31. The smallest absolute Gasteiger partial charge is 0.226 e. The van der Waals surface area contributed by atoms with Gasteiger partial charge in [0.25, 0.3) is 0 Å². The van der Waals surface area contributed by atoms with Crippen LogP contribution in [0.3, 0.4) is 0 Å². The molecule has 0 saturated heterocycles. The Kier molecular flexibility index (Phi) is 3.05. The van der Waals surface area contributed by atoms with E-state index in [2.05, 4.69) is 60.7 Å². The molecule has 2 aromatic rings. The average molecular weight is 438 g/mol. The number of benzene rings is 2. The topological polar surface area (TPSA) is 0 Å². The van der Waals surface area contributed by atoms with Gasteiger partial charge in [0.15, 0.2) is 0 Å². The molecule has 2 aromatic carbocycles. The van der Waals surface area contributed by atoms with Crippen LogP contribution in [0.15, 0.2) is 60.7 Å². The van der Waals surface area contributed by atoms with E-state index < -0.39 is 0 Å². The summed E-state index contributed by atoms with van der Waals surface area (Å²) >= 11 is 0. The van der Waals surface area contributed by atoms with E-state index in [-0.39, 0.29) is 21.1 Å². The Morgan fingerprint density at radius 1 is 0.810 bits per heavy atom. The molecule has 4 bridgehead atoms. The third kappa shape index (κ3) is 1.93. The Morgan fingerprint density at radius 2 is 1.62 bits per heavy atom. The molecule has 1 fully saturated rings. The number of rotatable bonds is 1. The fraction of sp³-hybridized carbons (Fsp3) is 0.200. The molecular weight excluding hydrogens is 424 g/mol. The second-order valence-corrected chi connectivity index (χ2v) is 5.99. The molecule has 21 heavy (non-hydrogen) atoms. The van der Waals surface area contributed by atoms with E-state index in [1.165, 1.54) is 11.1 Å². The molecule has 4 aliphatic rings. The Hall–Kier alpha value is -1.39. The Bertz CT molecular complexity index is 722. The molecule has 1 saturated carbocycles. The van der Waals surface area contributed by atoms with Crippen molar-refractivity contribution in [1.29, 1.82) is 0 Å². The van der Waals surface area contributed by atoms with Gasteiger partial charge in [-0.15, -0.1) is 17.2 Å². The molecule has 100 valence electrons. The summed E-state index contributed by atoms with van der Waals surface area (Å²) in [5.74, 6) is 2.59. The van der Waals surface area contributed by atoms with Gasteiger partial charge in [0.2, 0.25) is 0 Å². The number of allylic oxidation sites excluding steroid dienone is 4. The van der Waals surface area contributed by atoms with Gasteiger partial charge < -0.3 is 0 Å². The quantitative estimate of drug-likeness (QED) is 0.455. The molecule has 2 unspecified atom stereocenters. The van der Waals surface area contributed by atoms with Gasteiger partial charge in [-0.3, -0.25) is 0 Å². The number of hydrogen-bond donors (Lipinski definition) is 0. The van der Waals surface area contributed by atoms with E-state index in [1.807, 2.05) is 12.1 Å². The molecule has 0 spiro atoms. The summed E-state index contributed by atoms with van der Waals surface area (Å²) in [5.41, 5.74) is 5.18. The molecule has 0 amide bonds. The van der Waals surface area contributed by atoms with Gasteiger partial charge >= 0.3 is 21.1 Å². The minimum Gasteiger partial charge on any atom is -0.226 e. The summed E-state index contributed by atoms with van der Waals surface area (Å²) in [5, 5.41) is 0. The monoisotopic (exact) mass is 438 g/mol. The minimum absolute atomic E-state index is 0. The maximum atomic E-state index is 3.67. The van der Waals surface area contributed by atoms with E-state index in [1.54, 1.807) is 0 Å². The van der Waals surface area contributed by atoms with Crippen molar-refractivity contribution < 1.29 is 21.1 Å². The van der Waals surface area contributed by atoms with Crippen molar-refractivity contribution in [2.24, 2.45) is 11.8 Å². The van der Waals surface area contributed by atoms with Crippen LogP contribution in [0, 0.1) is 24.0 Å². The zero-order chi connectivity index (χ0) is 13.1. The van der Waals surface area contributed by atoms with Crippen LogP contribution in [-0.4, -0.2) is 0 Å². The van der Waals surface area contributed by atoms with Gasteiger partial charge in [-0.05, 0) is 17.8 Å². The summed E-state index contributed by atoms with van der Waals surface area (Å²) in [6.07, 6.45) is 9.56. The maximum Gasteiger partial charge on any atom is 2.00 e. The predicted molar refractivity (Wildman–Crippen MR) is 80.3 cm³/mol. The van der Waals surface area contributed by atoms with Crippen molar-refractivity contribution in [1.82, 2.24) is 0 Å². The van der Waals surface area contributed by atoms with E-state index in [0.717, 1.165) is 23.0 Å². The van der Waals surface area contributed by atoms with E-state index in [9.17, 15) is 0 Å². The summed E-state index contributed by atoms with van der Waals surface area (Å²) in [7, 11) is 0. The second kappa shape index (κ2) is 4.82. The average Bonchev–Trinajstić information content (AvgIpc) is 3.26. The van der Waals surface area contributed by atoms with Crippen molar-refractivity contribution in [3.05, 3.63) is 84.0 Å². The summed E-state index contributed by atoms with van der Waals surface area (Å²) in [4.78, 5) is 0. The largest absolute Gasteiger partial charge is 2.00 e. The van der Waals surface area contributed by atoms with Crippen LogP contribution in [0.2, 0.25) is 0 Å². The number of hydrogen-bond acceptors (Lipinski definition) is 0. The van der Waals surface area contributed by atoms with Crippen LogP contribution in [0.25, 0.3) is 11.1 Å². The van der Waals surface area contributed by atoms with E-state index in [0.29, 0.717) is 11.8 Å². The fourth-order valence-corrected chi connectivity index (χ4v) is 3.83. The van der Waals surface area contributed by atoms with Crippen LogP contribution in [0.5, 0.6) is 0 Å². The van der Waals surface area contributed by atoms with E-state index in [4.69, 9.17) is 0 Å². The van der Waals surface area contributed by atoms with Crippen molar-refractivity contribution in [2.75, 3.05) is 0 Å². The molecule has 0 N–H and O–H groups in total. The Labute approximate surface area is 139 Å². The zero-order valence-corrected chi connectivity index (χ0v) is 14.4. The summed E-state index contributed by atoms with van der Waals surface area (Å²) in [6.45, 7) is 0. The molecule has 0 nitrogen and oxygen atoms in total. The first kappa shape index (κ1) is 13.3. The van der Waals surface area contributed by atoms with Crippen molar-refractivity contribution in [3.63, 3.8) is 0 Å². The van der Waals surface area contributed by atoms with Crippen molar-refractivity contribution in [3.8, 4) is 11.1 Å². The minimum atomic E-state index is 0. The van der Waals surface area contributed by atoms with E-state index >= 15 is 0 Å². The zero-order valence-electron chi connectivity index (χ0n) is 11.5. The molecule has 1 heteroatoms. The van der Waals surface area contributed by atoms with Crippen LogP contribution in [-0.2, 0) is 21.1 Å². The fourth-order valence-electron chi connectivity index (χ4n) is 3.83. The van der Waals surface area contributed by atoms with Crippen molar-refractivity contribution in [2.45, 2.75) is 11.8 Å². The van der Waals surface area contributed by atoms with Crippen molar-refractivity contribution >= 4 is 0 Å². The standard InChI is InChI=1S/C20H14.W/c1-2-4-13(5-3-1)15-8-11-18-19(12-15)14-6-9-16-17(10-7-14)20(16)18;/h1-4,6-11,14,16-17,20H;/q-2;+2. The van der Waals surface area contributed by atoms with Gasteiger partial charge in [0, 0.05) is 5.92 Å². The molecule has 0 aliphatic heterocycles. The Balaban J connectivity index is 0.00000115. The van der Waals surface area contributed by atoms with Crippen LogP contribution in [0.4, 0.5) is 0 Å². The first-order valence-electron chi connectivity index (χ1n) is 7.32. The van der Waals surface area contributed by atoms with Crippen LogP contribution >= 0.6 is 0 Å². The molecule has 0 aromatic heterocycles. The van der Waals surface area contributed by atoms with Gasteiger partial charge in [-0.25, -0.2) is 11.1 Å². The van der Waals surface area contributed by atoms with Crippen LogP contribution in [0.1, 0.15) is 23.0 Å². The van der Waals surface area contributed by atoms with Crippen LogP contribution < -0.4 is 0 Å². The van der Waals surface area contributed by atoms with Gasteiger partial charge in [-0.1, -0.05) is 24.3 Å². The third-order valence-corrected chi connectivity index (χ3v) is 4.92. The normalized spacial score (nSPS) is 30.1. The third-order valence-electron chi connectivity index (χ3n) is 4.92. The molecule has 4 aliphatic carbocycles. The summed E-state index contributed by atoms with van der Waals surface area (Å²) < 4.78 is 0. The predicted octanol–water partition coefficient (Wildman–Crippen LogP) is 4.50. The van der Waals surface area contributed by atoms with Gasteiger partial charge in [-0.2, -0.15) is 42.5 Å². The first-order valence-corrected chi connectivity index (χ1v) is 7.32. The molecule has 0 radical (unpaired) electrons. The van der Waals surface area contributed by atoms with Gasteiger partial charge in [0.05, 0.1) is 0 Å². The van der Waals surface area contributed by atoms with Gasteiger partial charge in [0.1, 0.15) is 0 Å². The molecule has 0 heterocycles. The molecule has 2 atom stereocenters. The Morgan fingerprint density at radius 3 is 2.33 bits per heavy atom. The second-order valence-electron chi connectivity index (χ2n) is 5.99. The maximum absolute atomic E-state index is 3.67.